The monoisotopic (exact) mass is 357 g/mol. The van der Waals surface area contributed by atoms with E-state index in [-0.39, 0.29) is 11.3 Å². The molecule has 2 aromatic carbocycles. The molecule has 0 aliphatic heterocycles. The van der Waals surface area contributed by atoms with E-state index in [4.69, 9.17) is 16.3 Å². The normalized spacial score (nSPS) is 10.7. The lowest BCUT2D eigenvalue weighted by Crippen LogP contribution is -2.27. The quantitative estimate of drug-likeness (QED) is 0.777. The van der Waals surface area contributed by atoms with Crippen LogP contribution >= 0.6 is 11.6 Å². The van der Waals surface area contributed by atoms with Crippen molar-refractivity contribution in [1.82, 2.24) is 9.78 Å². The first-order chi connectivity index (χ1) is 12.0. The third kappa shape index (κ3) is 3.21. The number of hydrogen-bond donors (Lipinski definition) is 1. The lowest BCUT2D eigenvalue weighted by atomic mass is 10.1. The molecule has 0 spiro atoms. The molecule has 25 heavy (non-hydrogen) atoms. The van der Waals surface area contributed by atoms with Gasteiger partial charge < -0.3 is 10.1 Å². The van der Waals surface area contributed by atoms with Crippen LogP contribution in [-0.4, -0.2) is 22.8 Å². The third-order valence-electron chi connectivity index (χ3n) is 3.79. The van der Waals surface area contributed by atoms with Gasteiger partial charge in [-0.2, -0.15) is 5.10 Å². The van der Waals surface area contributed by atoms with Gasteiger partial charge in [-0.25, -0.2) is 4.68 Å². The van der Waals surface area contributed by atoms with E-state index in [1.807, 2.05) is 0 Å². The maximum atomic E-state index is 12.8. The molecule has 3 aromatic rings. The van der Waals surface area contributed by atoms with E-state index in [1.165, 1.54) is 11.8 Å². The Morgan fingerprint density at radius 3 is 2.64 bits per heavy atom. The van der Waals surface area contributed by atoms with E-state index < -0.39 is 5.91 Å². The summed E-state index contributed by atoms with van der Waals surface area (Å²) in [6.07, 6.45) is 0. The number of benzene rings is 2. The SMILES string of the molecule is CCn1nc(C(=O)Nc2cc(Cl)ccc2OC)c2ccccc2c1=O. The zero-order chi connectivity index (χ0) is 18.0. The molecule has 3 rings (SSSR count). The highest BCUT2D eigenvalue weighted by Crippen LogP contribution is 2.28. The summed E-state index contributed by atoms with van der Waals surface area (Å²) in [6, 6.07) is 11.8. The fourth-order valence-electron chi connectivity index (χ4n) is 2.58. The number of aryl methyl sites for hydroxylation is 1. The van der Waals surface area contributed by atoms with Crippen molar-refractivity contribution in [3.8, 4) is 5.75 Å². The van der Waals surface area contributed by atoms with Crippen LogP contribution in [-0.2, 0) is 6.54 Å². The molecule has 1 amide bonds. The summed E-state index contributed by atoms with van der Waals surface area (Å²) in [5.74, 6) is 0.0323. The van der Waals surface area contributed by atoms with Crippen molar-refractivity contribution in [1.29, 1.82) is 0 Å². The van der Waals surface area contributed by atoms with E-state index in [0.29, 0.717) is 33.8 Å². The Balaban J connectivity index is 2.11. The first kappa shape index (κ1) is 17.0. The van der Waals surface area contributed by atoms with Crippen molar-refractivity contribution in [2.75, 3.05) is 12.4 Å². The number of methoxy groups -OCH3 is 1. The number of ether oxygens (including phenoxy) is 1. The van der Waals surface area contributed by atoms with Crippen molar-refractivity contribution < 1.29 is 9.53 Å². The predicted molar refractivity (Wildman–Crippen MR) is 97.6 cm³/mol. The Kier molecular flexibility index (Phi) is 4.72. The van der Waals surface area contributed by atoms with Crippen LogP contribution in [0.25, 0.3) is 10.8 Å². The van der Waals surface area contributed by atoms with Crippen molar-refractivity contribution in [3.63, 3.8) is 0 Å². The zero-order valence-corrected chi connectivity index (χ0v) is 14.5. The van der Waals surface area contributed by atoms with Gasteiger partial charge in [0.25, 0.3) is 11.5 Å². The molecule has 0 aliphatic carbocycles. The van der Waals surface area contributed by atoms with Gasteiger partial charge in [-0.1, -0.05) is 29.8 Å². The summed E-state index contributed by atoms with van der Waals surface area (Å²) in [4.78, 5) is 25.2. The van der Waals surface area contributed by atoms with Crippen LogP contribution in [0.1, 0.15) is 17.4 Å². The van der Waals surface area contributed by atoms with Crippen LogP contribution in [0.2, 0.25) is 5.02 Å². The summed E-state index contributed by atoms with van der Waals surface area (Å²) in [7, 11) is 1.50. The Hall–Kier alpha value is -2.86. The van der Waals surface area contributed by atoms with Crippen molar-refractivity contribution in [3.05, 3.63) is 63.5 Å². The number of rotatable bonds is 4. The van der Waals surface area contributed by atoms with Gasteiger partial charge >= 0.3 is 0 Å². The number of carbonyl (C=O) groups excluding carboxylic acids is 1. The van der Waals surface area contributed by atoms with Crippen LogP contribution in [0.5, 0.6) is 5.75 Å². The number of hydrogen-bond acceptors (Lipinski definition) is 4. The van der Waals surface area contributed by atoms with Crippen LogP contribution < -0.4 is 15.6 Å². The average molecular weight is 358 g/mol. The molecule has 0 aliphatic rings. The topological polar surface area (TPSA) is 73.2 Å². The summed E-state index contributed by atoms with van der Waals surface area (Å²) >= 11 is 6.00. The molecule has 0 fully saturated rings. The van der Waals surface area contributed by atoms with Crippen molar-refractivity contribution in [2.45, 2.75) is 13.5 Å². The first-order valence-electron chi connectivity index (χ1n) is 7.70. The Morgan fingerprint density at radius 2 is 1.96 bits per heavy atom. The second-order valence-electron chi connectivity index (χ2n) is 5.31. The fraction of sp³-hybridized carbons (Fsp3) is 0.167. The van der Waals surface area contributed by atoms with E-state index in [0.717, 1.165) is 0 Å². The highest BCUT2D eigenvalue weighted by molar-refractivity contribution is 6.31. The van der Waals surface area contributed by atoms with Gasteiger partial charge in [0.1, 0.15) is 5.75 Å². The van der Waals surface area contributed by atoms with E-state index >= 15 is 0 Å². The highest BCUT2D eigenvalue weighted by atomic mass is 35.5. The molecule has 0 saturated carbocycles. The number of fused-ring (bicyclic) bond motifs is 1. The fourth-order valence-corrected chi connectivity index (χ4v) is 2.75. The van der Waals surface area contributed by atoms with Crippen LogP contribution in [0.3, 0.4) is 0 Å². The summed E-state index contributed by atoms with van der Waals surface area (Å²) in [5.41, 5.74) is 0.370. The zero-order valence-electron chi connectivity index (χ0n) is 13.7. The molecule has 0 saturated heterocycles. The van der Waals surface area contributed by atoms with Gasteiger partial charge in [0.15, 0.2) is 5.69 Å². The van der Waals surface area contributed by atoms with E-state index in [1.54, 1.807) is 49.4 Å². The number of nitrogens with zero attached hydrogens (tertiary/aromatic N) is 2. The van der Waals surface area contributed by atoms with Gasteiger partial charge in [0.05, 0.1) is 18.2 Å². The number of amides is 1. The molecule has 1 N–H and O–H groups in total. The molecule has 1 aromatic heterocycles. The second kappa shape index (κ2) is 6.94. The van der Waals surface area contributed by atoms with E-state index in [9.17, 15) is 9.59 Å². The minimum Gasteiger partial charge on any atom is -0.495 e. The number of anilines is 1. The smallest absolute Gasteiger partial charge is 0.276 e. The van der Waals surface area contributed by atoms with E-state index in [2.05, 4.69) is 10.4 Å². The molecule has 6 nitrogen and oxygen atoms in total. The van der Waals surface area contributed by atoms with Crippen LogP contribution in [0, 0.1) is 0 Å². The van der Waals surface area contributed by atoms with Crippen LogP contribution in [0.15, 0.2) is 47.3 Å². The van der Waals surface area contributed by atoms with Gasteiger partial charge in [0.2, 0.25) is 0 Å². The summed E-state index contributed by atoms with van der Waals surface area (Å²) < 4.78 is 6.51. The number of carbonyl (C=O) groups is 1. The minimum absolute atomic E-state index is 0.166. The molecule has 0 radical (unpaired) electrons. The van der Waals surface area contributed by atoms with Crippen molar-refractivity contribution in [2.24, 2.45) is 0 Å². The molecule has 0 atom stereocenters. The molecule has 0 bridgehead atoms. The van der Waals surface area contributed by atoms with Gasteiger partial charge in [-0.05, 0) is 31.2 Å². The number of aromatic nitrogens is 2. The molecule has 128 valence electrons. The van der Waals surface area contributed by atoms with Crippen LogP contribution in [0.4, 0.5) is 5.69 Å². The third-order valence-corrected chi connectivity index (χ3v) is 4.03. The average Bonchev–Trinajstić information content (AvgIpc) is 2.62. The summed E-state index contributed by atoms with van der Waals surface area (Å²) in [5, 5.41) is 8.37. The minimum atomic E-state index is -0.445. The van der Waals surface area contributed by atoms with Gasteiger partial charge in [-0.15, -0.1) is 0 Å². The molecular formula is C18H16ClN3O3. The number of nitrogens with one attached hydrogen (secondary N) is 1. The summed E-state index contributed by atoms with van der Waals surface area (Å²) in [6.45, 7) is 2.16. The second-order valence-corrected chi connectivity index (χ2v) is 5.75. The Morgan fingerprint density at radius 1 is 1.24 bits per heavy atom. The van der Waals surface area contributed by atoms with Gasteiger partial charge in [-0.3, -0.25) is 9.59 Å². The van der Waals surface area contributed by atoms with Gasteiger partial charge in [0, 0.05) is 17.0 Å². The maximum Gasteiger partial charge on any atom is 0.276 e. The highest BCUT2D eigenvalue weighted by Gasteiger charge is 2.17. The lowest BCUT2D eigenvalue weighted by Gasteiger charge is -2.12. The lowest BCUT2D eigenvalue weighted by molar-refractivity contribution is 0.102. The molecule has 1 heterocycles. The van der Waals surface area contributed by atoms with Crippen molar-refractivity contribution >= 4 is 34.0 Å². The Bertz CT molecular complexity index is 1010. The Labute approximate surface area is 149 Å². The first-order valence-corrected chi connectivity index (χ1v) is 8.07. The maximum absolute atomic E-state index is 12.8. The number of halogens is 1. The largest absolute Gasteiger partial charge is 0.495 e. The predicted octanol–water partition coefficient (Wildman–Crippen LogP) is 3.33. The standard InChI is InChI=1S/C18H16ClN3O3/c1-3-22-18(24)13-7-5-4-6-12(13)16(21-22)17(23)20-14-10-11(19)8-9-15(14)25-2/h4-10H,3H2,1-2H3,(H,20,23). The molecular weight excluding hydrogens is 342 g/mol. The molecule has 0 unspecified atom stereocenters. The molecule has 7 heteroatoms.